The van der Waals surface area contributed by atoms with Gasteiger partial charge in [0, 0.05) is 42.5 Å². The zero-order valence-corrected chi connectivity index (χ0v) is 17.8. The Labute approximate surface area is 173 Å². The fraction of sp³-hybridized carbons (Fsp3) is 0.333. The molecule has 1 unspecified atom stereocenters. The van der Waals surface area contributed by atoms with Crippen molar-refractivity contribution < 1.29 is 0 Å². The second kappa shape index (κ2) is 8.22. The van der Waals surface area contributed by atoms with Crippen molar-refractivity contribution in [2.24, 2.45) is 4.99 Å². The highest BCUT2D eigenvalue weighted by Gasteiger charge is 2.24. The molecule has 2 aromatic heterocycles. The predicted molar refractivity (Wildman–Crippen MR) is 118 cm³/mol. The number of aryl methyl sites for hydroxylation is 1. The number of imidazole rings is 1. The first kappa shape index (κ1) is 18.8. The number of fused-ring (bicyclic) bond motifs is 1. The number of halogens is 1. The number of hydrogen-bond donors (Lipinski definition) is 2. The lowest BCUT2D eigenvalue weighted by atomic mass is 10.3. The van der Waals surface area contributed by atoms with Gasteiger partial charge in [-0.1, -0.05) is 18.2 Å². The minimum absolute atomic E-state index is 0.363. The van der Waals surface area contributed by atoms with Crippen molar-refractivity contribution >= 4 is 33.2 Å². The molecule has 1 aliphatic rings. The van der Waals surface area contributed by atoms with Crippen LogP contribution in [0.2, 0.25) is 0 Å². The minimum atomic E-state index is 0.363. The van der Waals surface area contributed by atoms with E-state index in [0.717, 1.165) is 41.3 Å². The van der Waals surface area contributed by atoms with Gasteiger partial charge in [-0.2, -0.15) is 0 Å². The van der Waals surface area contributed by atoms with Gasteiger partial charge in [0.1, 0.15) is 5.65 Å². The van der Waals surface area contributed by atoms with Crippen LogP contribution in [0.25, 0.3) is 5.65 Å². The van der Waals surface area contributed by atoms with Gasteiger partial charge in [0.05, 0.1) is 17.9 Å². The monoisotopic (exact) mass is 440 g/mol. The molecule has 7 heteroatoms. The first-order chi connectivity index (χ1) is 13.6. The predicted octanol–water partition coefficient (Wildman–Crippen LogP) is 3.35. The van der Waals surface area contributed by atoms with Crippen molar-refractivity contribution in [3.8, 4) is 0 Å². The van der Waals surface area contributed by atoms with Crippen molar-refractivity contribution in [3.63, 3.8) is 0 Å². The van der Waals surface area contributed by atoms with Crippen LogP contribution in [0.5, 0.6) is 0 Å². The van der Waals surface area contributed by atoms with Crippen molar-refractivity contribution in [1.82, 2.24) is 20.0 Å². The lowest BCUT2D eigenvalue weighted by molar-refractivity contribution is 0.647. The number of para-hydroxylation sites is 1. The quantitative estimate of drug-likeness (QED) is 0.482. The molecular formula is C21H25BrN6. The summed E-state index contributed by atoms with van der Waals surface area (Å²) in [5.74, 6) is 0.813. The summed E-state index contributed by atoms with van der Waals surface area (Å²) in [6, 6.07) is 14.9. The third-order valence-electron chi connectivity index (χ3n) is 5.13. The molecule has 4 rings (SSSR count). The highest BCUT2D eigenvalue weighted by molar-refractivity contribution is 9.10. The Hall–Kier alpha value is -2.54. The van der Waals surface area contributed by atoms with Gasteiger partial charge in [-0.15, -0.1) is 0 Å². The summed E-state index contributed by atoms with van der Waals surface area (Å²) in [6.45, 7) is 4.71. The van der Waals surface area contributed by atoms with Crippen LogP contribution in [0.15, 0.2) is 58.1 Å². The molecule has 1 aromatic carbocycles. The molecule has 6 nitrogen and oxygen atoms in total. The summed E-state index contributed by atoms with van der Waals surface area (Å²) in [5.41, 5.74) is 4.39. The van der Waals surface area contributed by atoms with E-state index in [4.69, 9.17) is 0 Å². The Balaban J connectivity index is 1.35. The van der Waals surface area contributed by atoms with Crippen molar-refractivity contribution in [2.75, 3.05) is 25.0 Å². The summed E-state index contributed by atoms with van der Waals surface area (Å²) >= 11 is 3.65. The van der Waals surface area contributed by atoms with Gasteiger partial charge in [-0.25, -0.2) is 4.98 Å². The van der Waals surface area contributed by atoms with E-state index < -0.39 is 0 Å². The van der Waals surface area contributed by atoms with Crippen LogP contribution in [-0.4, -0.2) is 41.5 Å². The molecule has 3 aromatic rings. The molecule has 146 valence electrons. The molecule has 0 aliphatic carbocycles. The smallest absolute Gasteiger partial charge is 0.191 e. The Morgan fingerprint density at radius 1 is 1.25 bits per heavy atom. The fourth-order valence-electron chi connectivity index (χ4n) is 3.65. The average molecular weight is 441 g/mol. The summed E-state index contributed by atoms with van der Waals surface area (Å²) in [5, 5.41) is 6.94. The number of nitrogens with zero attached hydrogens (tertiary/aromatic N) is 4. The normalized spacial score (nSPS) is 17.3. The van der Waals surface area contributed by atoms with E-state index in [9.17, 15) is 0 Å². The Morgan fingerprint density at radius 2 is 2.11 bits per heavy atom. The molecule has 2 N–H and O–H groups in total. The van der Waals surface area contributed by atoms with Crippen LogP contribution < -0.4 is 15.5 Å². The molecular weight excluding hydrogens is 416 g/mol. The fourth-order valence-corrected chi connectivity index (χ4v) is 4.19. The summed E-state index contributed by atoms with van der Waals surface area (Å²) in [6.07, 6.45) is 3.16. The van der Waals surface area contributed by atoms with E-state index in [-0.39, 0.29) is 0 Å². The molecule has 3 heterocycles. The van der Waals surface area contributed by atoms with Gasteiger partial charge < -0.3 is 19.9 Å². The Kier molecular flexibility index (Phi) is 5.52. The summed E-state index contributed by atoms with van der Waals surface area (Å²) in [4.78, 5) is 11.5. The van der Waals surface area contributed by atoms with Gasteiger partial charge in [0.25, 0.3) is 0 Å². The SMILES string of the molecule is CN=C(NCc1cn2c(C)cccc2n1)NC1CCN(c2ccccc2Br)C1. The van der Waals surface area contributed by atoms with E-state index in [2.05, 4.69) is 83.2 Å². The number of rotatable bonds is 4. The van der Waals surface area contributed by atoms with E-state index in [1.807, 2.05) is 25.2 Å². The maximum absolute atomic E-state index is 4.68. The topological polar surface area (TPSA) is 57.0 Å². The van der Waals surface area contributed by atoms with Gasteiger partial charge in [-0.3, -0.25) is 4.99 Å². The van der Waals surface area contributed by atoms with Crippen LogP contribution in [0.4, 0.5) is 5.69 Å². The van der Waals surface area contributed by atoms with Crippen LogP contribution in [-0.2, 0) is 6.54 Å². The number of aliphatic imine (C=N–C) groups is 1. The number of anilines is 1. The molecule has 0 spiro atoms. The molecule has 0 bridgehead atoms. The molecule has 1 aliphatic heterocycles. The number of benzene rings is 1. The van der Waals surface area contributed by atoms with Crippen molar-refractivity contribution in [2.45, 2.75) is 25.9 Å². The van der Waals surface area contributed by atoms with Gasteiger partial charge in [0.15, 0.2) is 5.96 Å². The maximum atomic E-state index is 4.68. The number of nitrogens with one attached hydrogen (secondary N) is 2. The van der Waals surface area contributed by atoms with Crippen molar-refractivity contribution in [3.05, 3.63) is 64.5 Å². The highest BCUT2D eigenvalue weighted by Crippen LogP contribution is 2.28. The third kappa shape index (κ3) is 3.99. The molecule has 1 saturated heterocycles. The van der Waals surface area contributed by atoms with Crippen LogP contribution in [0, 0.1) is 6.92 Å². The van der Waals surface area contributed by atoms with Gasteiger partial charge in [0.2, 0.25) is 0 Å². The first-order valence-electron chi connectivity index (χ1n) is 9.54. The Morgan fingerprint density at radius 3 is 2.89 bits per heavy atom. The molecule has 1 atom stereocenters. The number of hydrogen-bond acceptors (Lipinski definition) is 3. The van der Waals surface area contributed by atoms with Gasteiger partial charge in [-0.05, 0) is 53.5 Å². The second-order valence-corrected chi connectivity index (χ2v) is 7.94. The molecule has 1 fully saturated rings. The summed E-state index contributed by atoms with van der Waals surface area (Å²) in [7, 11) is 1.81. The first-order valence-corrected chi connectivity index (χ1v) is 10.3. The van der Waals surface area contributed by atoms with Crippen LogP contribution >= 0.6 is 15.9 Å². The van der Waals surface area contributed by atoms with E-state index in [1.165, 1.54) is 11.4 Å². The molecule has 0 amide bonds. The second-order valence-electron chi connectivity index (χ2n) is 7.08. The number of guanidine groups is 1. The van der Waals surface area contributed by atoms with Crippen molar-refractivity contribution in [1.29, 1.82) is 0 Å². The van der Waals surface area contributed by atoms with Gasteiger partial charge >= 0.3 is 0 Å². The average Bonchev–Trinajstić information content (AvgIpc) is 3.33. The maximum Gasteiger partial charge on any atom is 0.191 e. The number of pyridine rings is 1. The lowest BCUT2D eigenvalue weighted by Gasteiger charge is -2.21. The largest absolute Gasteiger partial charge is 0.368 e. The number of aromatic nitrogens is 2. The molecule has 0 radical (unpaired) electrons. The Bertz CT molecular complexity index is 995. The van der Waals surface area contributed by atoms with E-state index in [0.29, 0.717) is 12.6 Å². The zero-order valence-electron chi connectivity index (χ0n) is 16.2. The minimum Gasteiger partial charge on any atom is -0.368 e. The highest BCUT2D eigenvalue weighted by atomic mass is 79.9. The molecule has 0 saturated carbocycles. The lowest BCUT2D eigenvalue weighted by Crippen LogP contribution is -2.44. The third-order valence-corrected chi connectivity index (χ3v) is 5.80. The van der Waals surface area contributed by atoms with Crippen LogP contribution in [0.3, 0.4) is 0 Å². The standard InChI is InChI=1S/C21H25BrN6/c1-15-6-5-9-20-25-17(14-28(15)20)12-24-21(23-2)26-16-10-11-27(13-16)19-8-4-3-7-18(19)22/h3-9,14,16H,10-13H2,1-2H3,(H2,23,24,26). The van der Waals surface area contributed by atoms with E-state index in [1.54, 1.807) is 0 Å². The zero-order chi connectivity index (χ0) is 19.5. The van der Waals surface area contributed by atoms with E-state index >= 15 is 0 Å². The molecule has 28 heavy (non-hydrogen) atoms. The van der Waals surface area contributed by atoms with Crippen LogP contribution in [0.1, 0.15) is 17.8 Å². The summed E-state index contributed by atoms with van der Waals surface area (Å²) < 4.78 is 3.25.